The van der Waals surface area contributed by atoms with E-state index < -0.39 is 6.10 Å². The van der Waals surface area contributed by atoms with Gasteiger partial charge in [0, 0.05) is 19.3 Å². The lowest BCUT2D eigenvalue weighted by Gasteiger charge is -2.18. The zero-order valence-electron chi connectivity index (χ0n) is 36.9. The molecular formula is C50H88O6. The Morgan fingerprint density at radius 1 is 0.375 bits per heavy atom. The summed E-state index contributed by atoms with van der Waals surface area (Å²) in [5.74, 6) is -0.894. The lowest BCUT2D eigenvalue weighted by molar-refractivity contribution is -0.167. The second-order valence-corrected chi connectivity index (χ2v) is 15.6. The van der Waals surface area contributed by atoms with Gasteiger partial charge in [-0.1, -0.05) is 191 Å². The number of esters is 3. The number of allylic oxidation sites excluding steroid dienone is 8. The molecule has 0 aromatic heterocycles. The molecule has 0 fully saturated rings. The molecule has 0 amide bonds. The van der Waals surface area contributed by atoms with E-state index in [0.29, 0.717) is 19.3 Å². The van der Waals surface area contributed by atoms with Crippen LogP contribution in [0.25, 0.3) is 0 Å². The predicted molar refractivity (Wildman–Crippen MR) is 238 cm³/mol. The highest BCUT2D eigenvalue weighted by Gasteiger charge is 2.19. The Kier molecular flexibility index (Phi) is 43.0. The summed E-state index contributed by atoms with van der Waals surface area (Å²) in [6, 6.07) is 0. The number of carbonyl (C=O) groups is 3. The first-order chi connectivity index (χ1) is 27.5. The van der Waals surface area contributed by atoms with Crippen molar-refractivity contribution in [3.63, 3.8) is 0 Å². The van der Waals surface area contributed by atoms with E-state index in [0.717, 1.165) is 96.3 Å². The summed E-state index contributed by atoms with van der Waals surface area (Å²) in [5, 5.41) is 0. The van der Waals surface area contributed by atoms with Gasteiger partial charge in [0.25, 0.3) is 0 Å². The van der Waals surface area contributed by atoms with Crippen molar-refractivity contribution in [3.05, 3.63) is 48.6 Å². The first-order valence-electron chi connectivity index (χ1n) is 23.6. The fourth-order valence-electron chi connectivity index (χ4n) is 6.58. The number of rotatable bonds is 42. The van der Waals surface area contributed by atoms with E-state index in [-0.39, 0.29) is 31.1 Å². The lowest BCUT2D eigenvalue weighted by Crippen LogP contribution is -2.30. The number of hydrogen-bond acceptors (Lipinski definition) is 6. The van der Waals surface area contributed by atoms with Crippen LogP contribution in [0.4, 0.5) is 0 Å². The van der Waals surface area contributed by atoms with Crippen molar-refractivity contribution in [2.24, 2.45) is 0 Å². The fraction of sp³-hybridized carbons (Fsp3) is 0.780. The lowest BCUT2D eigenvalue weighted by atomic mass is 10.1. The number of hydrogen-bond donors (Lipinski definition) is 0. The summed E-state index contributed by atoms with van der Waals surface area (Å²) < 4.78 is 16.7. The molecule has 0 saturated carbocycles. The van der Waals surface area contributed by atoms with E-state index in [1.807, 2.05) is 0 Å². The molecule has 6 nitrogen and oxygen atoms in total. The fourth-order valence-corrected chi connectivity index (χ4v) is 6.58. The van der Waals surface area contributed by atoms with Gasteiger partial charge in [-0.3, -0.25) is 14.4 Å². The standard InChI is InChI=1S/C50H88O6/c1-4-7-10-13-16-19-22-24-26-28-31-34-37-40-43-49(52)55-46-47(45-54-48(51)42-39-36-33-30-21-18-15-12-9-6-3)56-50(53)44-41-38-35-32-29-27-25-23-20-17-14-11-8-5-2/h7-8,10-11,16-17,19-20,47H,4-6,9,12-15,18,21-46H2,1-3H3/b10-7-,11-8-,19-16-,20-17-. The number of ether oxygens (including phenoxy) is 3. The zero-order chi connectivity index (χ0) is 40.8. The van der Waals surface area contributed by atoms with Gasteiger partial charge >= 0.3 is 17.9 Å². The molecule has 0 aliphatic rings. The van der Waals surface area contributed by atoms with E-state index in [4.69, 9.17) is 14.2 Å². The molecule has 0 radical (unpaired) electrons. The largest absolute Gasteiger partial charge is 0.462 e. The van der Waals surface area contributed by atoms with Crippen LogP contribution in [0.1, 0.15) is 233 Å². The second kappa shape index (κ2) is 45.1. The Hall–Kier alpha value is -2.63. The molecule has 0 spiro atoms. The van der Waals surface area contributed by atoms with Gasteiger partial charge in [0.15, 0.2) is 6.10 Å². The van der Waals surface area contributed by atoms with E-state index in [9.17, 15) is 14.4 Å². The Balaban J connectivity index is 4.37. The van der Waals surface area contributed by atoms with Crippen molar-refractivity contribution in [2.45, 2.75) is 239 Å². The maximum atomic E-state index is 12.7. The van der Waals surface area contributed by atoms with Crippen molar-refractivity contribution >= 4 is 17.9 Å². The van der Waals surface area contributed by atoms with Gasteiger partial charge in [0.2, 0.25) is 0 Å². The minimum atomic E-state index is -0.775. The number of carbonyl (C=O) groups excluding carboxylic acids is 3. The SMILES string of the molecule is CC/C=C\C/C=C\CCCCCCCCCC(=O)OCC(COC(=O)CCCCCCCCCCCC)OC(=O)CCCCCCCCC/C=C\C/C=C\CC. The highest BCUT2D eigenvalue weighted by molar-refractivity contribution is 5.71. The third-order valence-electron chi connectivity index (χ3n) is 10.1. The molecule has 0 heterocycles. The molecule has 0 aliphatic carbocycles. The maximum Gasteiger partial charge on any atom is 0.306 e. The summed E-state index contributed by atoms with van der Waals surface area (Å²) in [6.45, 7) is 6.40. The quantitative estimate of drug-likeness (QED) is 0.0265. The van der Waals surface area contributed by atoms with Gasteiger partial charge in [-0.2, -0.15) is 0 Å². The molecule has 324 valence electrons. The maximum absolute atomic E-state index is 12.7. The van der Waals surface area contributed by atoms with Crippen LogP contribution in [0.3, 0.4) is 0 Å². The van der Waals surface area contributed by atoms with Crippen molar-refractivity contribution in [1.29, 1.82) is 0 Å². The molecule has 1 unspecified atom stereocenters. The van der Waals surface area contributed by atoms with Crippen LogP contribution in [0.15, 0.2) is 48.6 Å². The molecule has 0 saturated heterocycles. The van der Waals surface area contributed by atoms with Gasteiger partial charge in [-0.05, 0) is 70.6 Å². The van der Waals surface area contributed by atoms with Crippen molar-refractivity contribution in [1.82, 2.24) is 0 Å². The minimum Gasteiger partial charge on any atom is -0.462 e. The minimum absolute atomic E-state index is 0.0774. The molecule has 1 atom stereocenters. The van der Waals surface area contributed by atoms with E-state index in [2.05, 4.69) is 69.4 Å². The molecule has 0 bridgehead atoms. The molecule has 0 rings (SSSR count). The van der Waals surface area contributed by atoms with Crippen LogP contribution in [0, 0.1) is 0 Å². The van der Waals surface area contributed by atoms with E-state index in [1.165, 1.54) is 96.3 Å². The summed E-state index contributed by atoms with van der Waals surface area (Å²) in [5.41, 5.74) is 0. The highest BCUT2D eigenvalue weighted by Crippen LogP contribution is 2.14. The topological polar surface area (TPSA) is 78.9 Å². The Bertz CT molecular complexity index is 996. The summed E-state index contributed by atoms with van der Waals surface area (Å²) in [6.07, 6.45) is 52.3. The average Bonchev–Trinajstić information content (AvgIpc) is 3.19. The summed E-state index contributed by atoms with van der Waals surface area (Å²) in [7, 11) is 0. The van der Waals surface area contributed by atoms with Crippen LogP contribution in [0.2, 0.25) is 0 Å². The second-order valence-electron chi connectivity index (χ2n) is 15.6. The summed E-state index contributed by atoms with van der Waals surface area (Å²) in [4.78, 5) is 37.8. The van der Waals surface area contributed by atoms with Crippen molar-refractivity contribution in [3.8, 4) is 0 Å². The first-order valence-corrected chi connectivity index (χ1v) is 23.6. The molecule has 56 heavy (non-hydrogen) atoms. The van der Waals surface area contributed by atoms with E-state index >= 15 is 0 Å². The van der Waals surface area contributed by atoms with Crippen LogP contribution in [0.5, 0.6) is 0 Å². The Morgan fingerprint density at radius 2 is 0.696 bits per heavy atom. The van der Waals surface area contributed by atoms with Crippen LogP contribution in [-0.4, -0.2) is 37.2 Å². The normalized spacial score (nSPS) is 12.4. The third-order valence-corrected chi connectivity index (χ3v) is 10.1. The first kappa shape index (κ1) is 53.4. The smallest absolute Gasteiger partial charge is 0.306 e. The molecule has 0 aromatic rings. The monoisotopic (exact) mass is 785 g/mol. The average molecular weight is 785 g/mol. The molecule has 0 aliphatic heterocycles. The molecule has 6 heteroatoms. The molecular weight excluding hydrogens is 697 g/mol. The zero-order valence-corrected chi connectivity index (χ0v) is 36.9. The van der Waals surface area contributed by atoms with Crippen molar-refractivity contribution in [2.75, 3.05) is 13.2 Å². The Morgan fingerprint density at radius 3 is 1.07 bits per heavy atom. The van der Waals surface area contributed by atoms with Crippen LogP contribution < -0.4 is 0 Å². The Labute approximate surface area is 346 Å². The molecule has 0 aromatic carbocycles. The van der Waals surface area contributed by atoms with Gasteiger partial charge in [0.1, 0.15) is 13.2 Å². The van der Waals surface area contributed by atoms with E-state index in [1.54, 1.807) is 0 Å². The van der Waals surface area contributed by atoms with Gasteiger partial charge in [-0.25, -0.2) is 0 Å². The molecule has 0 N–H and O–H groups in total. The van der Waals surface area contributed by atoms with Gasteiger partial charge in [-0.15, -0.1) is 0 Å². The third kappa shape index (κ3) is 42.5. The predicted octanol–water partition coefficient (Wildman–Crippen LogP) is 15.1. The number of unbranched alkanes of at least 4 members (excludes halogenated alkanes) is 23. The van der Waals surface area contributed by atoms with Gasteiger partial charge < -0.3 is 14.2 Å². The van der Waals surface area contributed by atoms with Gasteiger partial charge in [0.05, 0.1) is 0 Å². The van der Waals surface area contributed by atoms with Crippen LogP contribution in [-0.2, 0) is 28.6 Å². The van der Waals surface area contributed by atoms with Crippen molar-refractivity contribution < 1.29 is 28.6 Å². The van der Waals surface area contributed by atoms with Crippen LogP contribution >= 0.6 is 0 Å². The summed E-state index contributed by atoms with van der Waals surface area (Å²) >= 11 is 0. The highest BCUT2D eigenvalue weighted by atomic mass is 16.6.